The summed E-state index contributed by atoms with van der Waals surface area (Å²) in [7, 11) is 1.37. The first-order valence-corrected chi connectivity index (χ1v) is 7.57. The van der Waals surface area contributed by atoms with E-state index >= 15 is 0 Å². The van der Waals surface area contributed by atoms with E-state index < -0.39 is 0 Å². The number of methoxy groups -OCH3 is 1. The van der Waals surface area contributed by atoms with Gasteiger partial charge in [0.05, 0.1) is 32.8 Å². The van der Waals surface area contributed by atoms with Crippen molar-refractivity contribution in [3.8, 4) is 0 Å². The fourth-order valence-corrected chi connectivity index (χ4v) is 2.76. The molecule has 1 rings (SSSR count). The quantitative estimate of drug-likeness (QED) is 0.682. The molecular formula is C15H28N2O4. The van der Waals surface area contributed by atoms with Gasteiger partial charge in [0.1, 0.15) is 0 Å². The molecule has 0 saturated carbocycles. The van der Waals surface area contributed by atoms with Crippen LogP contribution in [0.3, 0.4) is 0 Å². The van der Waals surface area contributed by atoms with Gasteiger partial charge in [-0.25, -0.2) is 0 Å². The Morgan fingerprint density at radius 2 is 1.90 bits per heavy atom. The minimum absolute atomic E-state index is 0.124. The molecule has 6 nitrogen and oxygen atoms in total. The van der Waals surface area contributed by atoms with Gasteiger partial charge < -0.3 is 14.4 Å². The number of carbonyl (C=O) groups excluding carboxylic acids is 2. The Hall–Kier alpha value is -1.14. The first kappa shape index (κ1) is 17.9. The van der Waals surface area contributed by atoms with Crippen LogP contribution in [0.5, 0.6) is 0 Å². The number of esters is 1. The number of hydrogen-bond donors (Lipinski definition) is 0. The van der Waals surface area contributed by atoms with Gasteiger partial charge in [0, 0.05) is 25.2 Å². The predicted octanol–water partition coefficient (Wildman–Crippen LogP) is 0.896. The van der Waals surface area contributed by atoms with Crippen LogP contribution in [0.15, 0.2) is 0 Å². The molecule has 0 radical (unpaired) electrons. The van der Waals surface area contributed by atoms with E-state index in [1.807, 2.05) is 32.6 Å². The summed E-state index contributed by atoms with van der Waals surface area (Å²) in [5, 5.41) is 0. The molecule has 0 aromatic carbocycles. The minimum Gasteiger partial charge on any atom is -0.469 e. The van der Waals surface area contributed by atoms with Crippen LogP contribution < -0.4 is 0 Å². The molecular weight excluding hydrogens is 272 g/mol. The lowest BCUT2D eigenvalue weighted by atomic mass is 10.2. The number of hydrogen-bond acceptors (Lipinski definition) is 5. The number of morpholine rings is 1. The molecule has 1 atom stereocenters. The maximum atomic E-state index is 12.4. The van der Waals surface area contributed by atoms with Gasteiger partial charge in [-0.05, 0) is 27.7 Å². The second-order valence-corrected chi connectivity index (χ2v) is 6.00. The zero-order valence-electron chi connectivity index (χ0n) is 13.8. The van der Waals surface area contributed by atoms with Gasteiger partial charge in [-0.15, -0.1) is 0 Å². The fraction of sp³-hybridized carbons (Fsp3) is 0.867. The number of rotatable bonds is 6. The molecule has 0 aromatic rings. The van der Waals surface area contributed by atoms with E-state index in [2.05, 4.69) is 9.64 Å². The van der Waals surface area contributed by atoms with Gasteiger partial charge in [0.15, 0.2) is 0 Å². The molecule has 21 heavy (non-hydrogen) atoms. The predicted molar refractivity (Wildman–Crippen MR) is 79.9 cm³/mol. The summed E-state index contributed by atoms with van der Waals surface area (Å²) in [6, 6.07) is 0.369. The van der Waals surface area contributed by atoms with E-state index in [0.29, 0.717) is 26.2 Å². The molecule has 1 unspecified atom stereocenters. The Balaban J connectivity index is 2.53. The molecule has 1 saturated heterocycles. The van der Waals surface area contributed by atoms with Crippen molar-refractivity contribution in [2.24, 2.45) is 0 Å². The number of carbonyl (C=O) groups is 2. The van der Waals surface area contributed by atoms with Crippen molar-refractivity contribution in [3.63, 3.8) is 0 Å². The molecule has 1 aliphatic heterocycles. The maximum absolute atomic E-state index is 12.4. The Labute approximate surface area is 127 Å². The normalized spacial score (nSPS) is 19.9. The Morgan fingerprint density at radius 1 is 1.29 bits per heavy atom. The van der Waals surface area contributed by atoms with Crippen LogP contribution in [0.1, 0.15) is 34.1 Å². The second-order valence-electron chi connectivity index (χ2n) is 6.00. The van der Waals surface area contributed by atoms with Crippen LogP contribution in [0.25, 0.3) is 0 Å². The van der Waals surface area contributed by atoms with Crippen molar-refractivity contribution in [2.75, 3.05) is 33.4 Å². The van der Waals surface area contributed by atoms with Crippen LogP contribution in [0.2, 0.25) is 0 Å². The number of ether oxygens (including phenoxy) is 2. The third-order valence-corrected chi connectivity index (χ3v) is 3.60. The maximum Gasteiger partial charge on any atom is 0.308 e. The monoisotopic (exact) mass is 300 g/mol. The molecule has 0 aliphatic carbocycles. The molecule has 0 bridgehead atoms. The Morgan fingerprint density at radius 3 is 2.43 bits per heavy atom. The first-order valence-electron chi connectivity index (χ1n) is 7.57. The first-order chi connectivity index (χ1) is 9.85. The largest absolute Gasteiger partial charge is 0.469 e. The van der Waals surface area contributed by atoms with E-state index in [-0.39, 0.29) is 36.5 Å². The van der Waals surface area contributed by atoms with Crippen molar-refractivity contribution in [1.29, 1.82) is 0 Å². The van der Waals surface area contributed by atoms with E-state index in [4.69, 9.17) is 4.74 Å². The number of amides is 1. The molecule has 122 valence electrons. The van der Waals surface area contributed by atoms with E-state index in [0.717, 1.165) is 0 Å². The summed E-state index contributed by atoms with van der Waals surface area (Å²) in [6.07, 6.45) is 0.0461. The van der Waals surface area contributed by atoms with Crippen molar-refractivity contribution in [3.05, 3.63) is 0 Å². The van der Waals surface area contributed by atoms with Crippen molar-refractivity contribution in [2.45, 2.75) is 52.3 Å². The van der Waals surface area contributed by atoms with Gasteiger partial charge in [-0.1, -0.05) is 0 Å². The highest BCUT2D eigenvalue weighted by Gasteiger charge is 2.27. The topological polar surface area (TPSA) is 59.1 Å². The molecule has 0 aromatic heterocycles. The summed E-state index contributed by atoms with van der Waals surface area (Å²) in [5.41, 5.74) is 0. The smallest absolute Gasteiger partial charge is 0.308 e. The van der Waals surface area contributed by atoms with E-state index in [9.17, 15) is 9.59 Å². The molecule has 1 amide bonds. The molecule has 0 N–H and O–H groups in total. The van der Waals surface area contributed by atoms with Crippen molar-refractivity contribution >= 4 is 11.9 Å². The van der Waals surface area contributed by atoms with E-state index in [1.54, 1.807) is 0 Å². The summed E-state index contributed by atoms with van der Waals surface area (Å²) < 4.78 is 10.2. The van der Waals surface area contributed by atoms with Gasteiger partial charge in [0.2, 0.25) is 5.91 Å². The summed E-state index contributed by atoms with van der Waals surface area (Å²) in [5.74, 6) is -0.155. The Kier molecular flexibility index (Phi) is 7.11. The molecule has 1 fully saturated rings. The van der Waals surface area contributed by atoms with Crippen LogP contribution >= 0.6 is 0 Å². The highest BCUT2D eigenvalue weighted by atomic mass is 16.5. The average Bonchev–Trinajstić information content (AvgIpc) is 2.37. The van der Waals surface area contributed by atoms with Gasteiger partial charge in [0.25, 0.3) is 0 Å². The van der Waals surface area contributed by atoms with Crippen LogP contribution in [-0.2, 0) is 19.1 Å². The van der Waals surface area contributed by atoms with Crippen LogP contribution in [-0.4, -0.2) is 73.2 Å². The highest BCUT2D eigenvalue weighted by molar-refractivity contribution is 5.79. The molecule has 6 heteroatoms. The van der Waals surface area contributed by atoms with Gasteiger partial charge in [-0.3, -0.25) is 14.5 Å². The van der Waals surface area contributed by atoms with E-state index in [1.165, 1.54) is 7.11 Å². The lowest BCUT2D eigenvalue weighted by molar-refractivity contribution is -0.146. The Bertz CT molecular complexity index is 350. The molecule has 1 aliphatic rings. The SMILES string of the molecule is COC(=O)CC1CN(CC(=O)N(C(C)C)C(C)C)CCO1. The summed E-state index contributed by atoms with van der Waals surface area (Å²) in [6.45, 7) is 10.3. The van der Waals surface area contributed by atoms with Crippen molar-refractivity contribution < 1.29 is 19.1 Å². The zero-order chi connectivity index (χ0) is 16.0. The van der Waals surface area contributed by atoms with Crippen LogP contribution in [0, 0.1) is 0 Å². The second kappa shape index (κ2) is 8.34. The lowest BCUT2D eigenvalue weighted by Crippen LogP contribution is -2.51. The van der Waals surface area contributed by atoms with Crippen LogP contribution in [0.4, 0.5) is 0 Å². The highest BCUT2D eigenvalue weighted by Crippen LogP contribution is 2.12. The standard InChI is InChI=1S/C15H28N2O4/c1-11(2)17(12(3)4)14(18)10-16-6-7-21-13(9-16)8-15(19)20-5/h11-13H,6-10H2,1-5H3. The lowest BCUT2D eigenvalue weighted by Gasteiger charge is -2.36. The fourth-order valence-electron chi connectivity index (χ4n) is 2.76. The molecule has 0 spiro atoms. The zero-order valence-corrected chi connectivity index (χ0v) is 13.8. The van der Waals surface area contributed by atoms with Gasteiger partial charge >= 0.3 is 5.97 Å². The third-order valence-electron chi connectivity index (χ3n) is 3.60. The minimum atomic E-state index is -0.279. The molecule has 1 heterocycles. The van der Waals surface area contributed by atoms with Crippen molar-refractivity contribution in [1.82, 2.24) is 9.80 Å². The number of nitrogens with zero attached hydrogens (tertiary/aromatic N) is 2. The third kappa shape index (κ3) is 5.63. The van der Waals surface area contributed by atoms with Gasteiger partial charge in [-0.2, -0.15) is 0 Å². The summed E-state index contributed by atoms with van der Waals surface area (Å²) in [4.78, 5) is 27.7. The average molecular weight is 300 g/mol. The summed E-state index contributed by atoms with van der Waals surface area (Å²) >= 11 is 0.